The summed E-state index contributed by atoms with van der Waals surface area (Å²) in [5.41, 5.74) is 10.2. The molecule has 5 aromatic rings. The van der Waals surface area contributed by atoms with Gasteiger partial charge in [0.25, 0.3) is 0 Å². The van der Waals surface area contributed by atoms with E-state index in [1.165, 1.54) is 22.3 Å². The van der Waals surface area contributed by atoms with Crippen LogP contribution in [0.25, 0.3) is 39.1 Å². The van der Waals surface area contributed by atoms with E-state index in [9.17, 15) is 0 Å². The summed E-state index contributed by atoms with van der Waals surface area (Å²) < 4.78 is 2.02. The number of para-hydroxylation sites is 1. The lowest BCUT2D eigenvalue weighted by Crippen LogP contribution is -2.14. The SMILES string of the molecule is CC(C)(C)c1nn(-c2ccccc2)c2nc3c(c(-c4ccc(Cl)cc4)c12)CCc1ccccc1-3. The first-order valence-corrected chi connectivity index (χ1v) is 12.2. The number of nitrogens with zero attached hydrogens (tertiary/aromatic N) is 3. The van der Waals surface area contributed by atoms with E-state index < -0.39 is 0 Å². The minimum atomic E-state index is -0.151. The molecule has 0 fully saturated rings. The molecular weight excluding hydrogens is 438 g/mol. The summed E-state index contributed by atoms with van der Waals surface area (Å²) in [5, 5.41) is 7.07. The number of aryl methyl sites for hydroxylation is 1. The molecule has 0 unspecified atom stereocenters. The predicted molar refractivity (Wildman–Crippen MR) is 141 cm³/mol. The third-order valence-corrected chi connectivity index (χ3v) is 6.93. The summed E-state index contributed by atoms with van der Waals surface area (Å²) in [5.74, 6) is 0. The van der Waals surface area contributed by atoms with Gasteiger partial charge < -0.3 is 0 Å². The summed E-state index contributed by atoms with van der Waals surface area (Å²) >= 11 is 6.29. The second-order valence-electron chi connectivity index (χ2n) is 10.0. The van der Waals surface area contributed by atoms with Crippen molar-refractivity contribution < 1.29 is 0 Å². The maximum absolute atomic E-state index is 6.29. The van der Waals surface area contributed by atoms with Crippen LogP contribution in [0.1, 0.15) is 37.6 Å². The number of fused-ring (bicyclic) bond motifs is 4. The fraction of sp³-hybridized carbons (Fsp3) is 0.200. The van der Waals surface area contributed by atoms with Crippen LogP contribution in [-0.2, 0) is 18.3 Å². The van der Waals surface area contributed by atoms with Gasteiger partial charge in [0.1, 0.15) is 0 Å². The van der Waals surface area contributed by atoms with Crippen LogP contribution in [0.15, 0.2) is 78.9 Å². The second-order valence-corrected chi connectivity index (χ2v) is 10.5. The van der Waals surface area contributed by atoms with Crippen LogP contribution in [0.5, 0.6) is 0 Å². The van der Waals surface area contributed by atoms with Crippen molar-refractivity contribution in [2.45, 2.75) is 39.0 Å². The number of pyridine rings is 1. The molecule has 34 heavy (non-hydrogen) atoms. The molecule has 3 aromatic carbocycles. The van der Waals surface area contributed by atoms with Gasteiger partial charge in [-0.2, -0.15) is 5.10 Å². The lowest BCUT2D eigenvalue weighted by atomic mass is 9.81. The Bertz CT molecular complexity index is 1520. The molecule has 0 aliphatic heterocycles. The molecule has 0 amide bonds. The number of halogens is 1. The van der Waals surface area contributed by atoms with Crippen LogP contribution < -0.4 is 0 Å². The van der Waals surface area contributed by atoms with E-state index in [4.69, 9.17) is 21.7 Å². The Morgan fingerprint density at radius 3 is 2.26 bits per heavy atom. The Hall–Kier alpha value is -3.43. The van der Waals surface area contributed by atoms with E-state index in [-0.39, 0.29) is 5.41 Å². The first kappa shape index (κ1) is 21.1. The molecule has 4 heteroatoms. The minimum absolute atomic E-state index is 0.151. The summed E-state index contributed by atoms with van der Waals surface area (Å²) in [4.78, 5) is 5.35. The van der Waals surface area contributed by atoms with Crippen molar-refractivity contribution in [2.24, 2.45) is 0 Å². The lowest BCUT2D eigenvalue weighted by molar-refractivity contribution is 0.565. The molecule has 3 nitrogen and oxygen atoms in total. The average Bonchev–Trinajstić information content (AvgIpc) is 3.24. The van der Waals surface area contributed by atoms with Gasteiger partial charge in [0.2, 0.25) is 0 Å². The van der Waals surface area contributed by atoms with Crippen molar-refractivity contribution in [3.63, 3.8) is 0 Å². The normalized spacial score (nSPS) is 13.1. The van der Waals surface area contributed by atoms with Crippen molar-refractivity contribution in [2.75, 3.05) is 0 Å². The van der Waals surface area contributed by atoms with Crippen molar-refractivity contribution in [1.29, 1.82) is 0 Å². The van der Waals surface area contributed by atoms with Gasteiger partial charge in [-0.3, -0.25) is 0 Å². The maximum atomic E-state index is 6.29. The first-order valence-electron chi connectivity index (χ1n) is 11.8. The molecule has 0 saturated heterocycles. The van der Waals surface area contributed by atoms with Crippen molar-refractivity contribution >= 4 is 22.6 Å². The molecular formula is C30H26ClN3. The highest BCUT2D eigenvalue weighted by atomic mass is 35.5. The molecule has 0 saturated carbocycles. The topological polar surface area (TPSA) is 30.7 Å². The molecule has 0 bridgehead atoms. The standard InChI is InChI=1S/C30H26ClN3/c1-30(2,3)28-26-25(20-13-16-21(31)17-14-20)24-18-15-19-9-7-8-12-23(19)27(24)32-29(26)34(33-28)22-10-5-4-6-11-22/h4-14,16-17H,15,18H2,1-3H3. The van der Waals surface area contributed by atoms with Crippen LogP contribution >= 0.6 is 11.6 Å². The Kier molecular flexibility index (Phi) is 4.86. The van der Waals surface area contributed by atoms with Gasteiger partial charge in [-0.15, -0.1) is 0 Å². The zero-order valence-electron chi connectivity index (χ0n) is 19.6. The number of hydrogen-bond acceptors (Lipinski definition) is 2. The molecule has 1 aliphatic rings. The monoisotopic (exact) mass is 463 g/mol. The fourth-order valence-corrected chi connectivity index (χ4v) is 5.22. The van der Waals surface area contributed by atoms with E-state index in [1.54, 1.807) is 0 Å². The van der Waals surface area contributed by atoms with Gasteiger partial charge in [-0.25, -0.2) is 9.67 Å². The molecule has 2 aromatic heterocycles. The smallest absolute Gasteiger partial charge is 0.164 e. The summed E-state index contributed by atoms with van der Waals surface area (Å²) in [6, 6.07) is 27.2. The van der Waals surface area contributed by atoms with Crippen LogP contribution in [0.4, 0.5) is 0 Å². The molecule has 0 N–H and O–H groups in total. The van der Waals surface area contributed by atoms with Gasteiger partial charge >= 0.3 is 0 Å². The molecule has 0 radical (unpaired) electrons. The van der Waals surface area contributed by atoms with E-state index in [1.807, 2.05) is 35.0 Å². The Labute approximate surface area is 205 Å². The molecule has 0 spiro atoms. The molecule has 2 heterocycles. The zero-order chi connectivity index (χ0) is 23.4. The van der Waals surface area contributed by atoms with Crippen molar-refractivity contribution in [1.82, 2.24) is 14.8 Å². The van der Waals surface area contributed by atoms with Gasteiger partial charge in [-0.05, 0) is 59.4 Å². The third-order valence-electron chi connectivity index (χ3n) is 6.68. The van der Waals surface area contributed by atoms with E-state index >= 15 is 0 Å². The highest BCUT2D eigenvalue weighted by molar-refractivity contribution is 6.30. The Balaban J connectivity index is 1.80. The minimum Gasteiger partial charge on any atom is -0.228 e. The van der Waals surface area contributed by atoms with Crippen LogP contribution in [-0.4, -0.2) is 14.8 Å². The lowest BCUT2D eigenvalue weighted by Gasteiger charge is -2.24. The number of aromatic nitrogens is 3. The quantitative estimate of drug-likeness (QED) is 0.267. The summed E-state index contributed by atoms with van der Waals surface area (Å²) in [6.07, 6.45) is 1.96. The number of hydrogen-bond donors (Lipinski definition) is 0. The average molecular weight is 464 g/mol. The number of rotatable bonds is 2. The second kappa shape index (κ2) is 7.82. The highest BCUT2D eigenvalue weighted by Crippen LogP contribution is 2.45. The fourth-order valence-electron chi connectivity index (χ4n) is 5.09. The highest BCUT2D eigenvalue weighted by Gasteiger charge is 2.31. The maximum Gasteiger partial charge on any atom is 0.164 e. The number of benzene rings is 3. The van der Waals surface area contributed by atoms with Gasteiger partial charge in [0.05, 0.1) is 22.5 Å². The summed E-state index contributed by atoms with van der Waals surface area (Å²) in [7, 11) is 0. The molecule has 0 atom stereocenters. The predicted octanol–water partition coefficient (Wildman–Crippen LogP) is 7.80. The van der Waals surface area contributed by atoms with Crippen LogP contribution in [0.2, 0.25) is 5.02 Å². The van der Waals surface area contributed by atoms with Crippen LogP contribution in [0, 0.1) is 0 Å². The van der Waals surface area contributed by atoms with Crippen LogP contribution in [0.3, 0.4) is 0 Å². The first-order chi connectivity index (χ1) is 16.4. The molecule has 168 valence electrons. The van der Waals surface area contributed by atoms with E-state index in [2.05, 4.69) is 69.3 Å². The van der Waals surface area contributed by atoms with E-state index in [0.29, 0.717) is 0 Å². The van der Waals surface area contributed by atoms with Crippen molar-refractivity contribution in [3.05, 3.63) is 101 Å². The van der Waals surface area contributed by atoms with Gasteiger partial charge in [0, 0.05) is 16.0 Å². The Morgan fingerprint density at radius 2 is 1.53 bits per heavy atom. The van der Waals surface area contributed by atoms with Crippen molar-refractivity contribution in [3.8, 4) is 28.1 Å². The Morgan fingerprint density at radius 1 is 0.824 bits per heavy atom. The molecule has 1 aliphatic carbocycles. The third kappa shape index (κ3) is 3.35. The van der Waals surface area contributed by atoms with Gasteiger partial charge in [-0.1, -0.05) is 87.0 Å². The molecule has 6 rings (SSSR count). The largest absolute Gasteiger partial charge is 0.228 e. The van der Waals surface area contributed by atoms with E-state index in [0.717, 1.165) is 51.5 Å². The zero-order valence-corrected chi connectivity index (χ0v) is 20.4. The van der Waals surface area contributed by atoms with Gasteiger partial charge in [0.15, 0.2) is 5.65 Å². The summed E-state index contributed by atoms with van der Waals surface area (Å²) in [6.45, 7) is 6.68.